The quantitative estimate of drug-likeness (QED) is 0.832. The maximum absolute atomic E-state index is 4.36. The summed E-state index contributed by atoms with van der Waals surface area (Å²) in [5, 5.41) is 12.0. The Kier molecular flexibility index (Phi) is 2.68. The summed E-state index contributed by atoms with van der Waals surface area (Å²) in [6, 6.07) is 0.747. The zero-order valence-corrected chi connectivity index (χ0v) is 10.0. The first kappa shape index (κ1) is 10.5. The fraction of sp³-hybridized carbons (Fsp3) is 0.500. The highest BCUT2D eigenvalue weighted by Crippen LogP contribution is 2.19. The summed E-state index contributed by atoms with van der Waals surface area (Å²) >= 11 is 0. The van der Waals surface area contributed by atoms with Crippen molar-refractivity contribution >= 4 is 0 Å². The summed E-state index contributed by atoms with van der Waals surface area (Å²) in [6.45, 7) is 1.72. The number of rotatable bonds is 5. The number of aryl methyl sites for hydroxylation is 1. The smallest absolute Gasteiger partial charge is 0.0690 e. The van der Waals surface area contributed by atoms with Gasteiger partial charge in [-0.05, 0) is 12.8 Å². The van der Waals surface area contributed by atoms with Crippen molar-refractivity contribution < 1.29 is 0 Å². The van der Waals surface area contributed by atoms with Gasteiger partial charge in [-0.25, -0.2) is 0 Å². The molecule has 0 atom stereocenters. The van der Waals surface area contributed by atoms with Gasteiger partial charge in [0, 0.05) is 43.2 Å². The average Bonchev–Trinajstić information content (AvgIpc) is 2.90. The molecule has 1 N–H and O–H groups in total. The van der Waals surface area contributed by atoms with Crippen molar-refractivity contribution in [1.29, 1.82) is 0 Å². The third-order valence-electron chi connectivity index (χ3n) is 2.96. The second-order valence-electron chi connectivity index (χ2n) is 4.72. The maximum atomic E-state index is 4.36. The first-order valence-electron chi connectivity index (χ1n) is 6.02. The van der Waals surface area contributed by atoms with Crippen LogP contribution in [0.4, 0.5) is 0 Å². The predicted molar refractivity (Wildman–Crippen MR) is 64.4 cm³/mol. The van der Waals surface area contributed by atoms with Crippen molar-refractivity contribution in [2.24, 2.45) is 7.05 Å². The van der Waals surface area contributed by atoms with E-state index in [1.807, 2.05) is 35.0 Å². The van der Waals surface area contributed by atoms with E-state index in [0.717, 1.165) is 19.1 Å². The van der Waals surface area contributed by atoms with E-state index in [2.05, 4.69) is 21.7 Å². The van der Waals surface area contributed by atoms with E-state index in [1.165, 1.54) is 24.0 Å². The van der Waals surface area contributed by atoms with E-state index in [0.29, 0.717) is 0 Å². The van der Waals surface area contributed by atoms with Gasteiger partial charge in [0.15, 0.2) is 0 Å². The molecule has 2 aromatic rings. The molecular weight excluding hydrogens is 214 g/mol. The predicted octanol–water partition coefficient (Wildman–Crippen LogP) is 0.917. The van der Waals surface area contributed by atoms with Crippen LogP contribution in [0.25, 0.3) is 0 Å². The monoisotopic (exact) mass is 231 g/mol. The van der Waals surface area contributed by atoms with Gasteiger partial charge in [0.25, 0.3) is 0 Å². The molecule has 1 aliphatic rings. The van der Waals surface area contributed by atoms with Crippen LogP contribution >= 0.6 is 0 Å². The number of nitrogens with one attached hydrogen (secondary N) is 1. The van der Waals surface area contributed by atoms with Gasteiger partial charge in [-0.1, -0.05) is 0 Å². The number of hydrogen-bond acceptors (Lipinski definition) is 3. The molecule has 17 heavy (non-hydrogen) atoms. The minimum absolute atomic E-state index is 0.747. The lowest BCUT2D eigenvalue weighted by molar-refractivity contribution is 0.674. The minimum atomic E-state index is 0.747. The lowest BCUT2D eigenvalue weighted by Gasteiger charge is -1.99. The van der Waals surface area contributed by atoms with Crippen molar-refractivity contribution in [3.8, 4) is 0 Å². The molecule has 90 valence electrons. The summed E-state index contributed by atoms with van der Waals surface area (Å²) in [7, 11) is 1.93. The van der Waals surface area contributed by atoms with E-state index < -0.39 is 0 Å². The number of aromatic nitrogens is 4. The van der Waals surface area contributed by atoms with Gasteiger partial charge < -0.3 is 5.32 Å². The second kappa shape index (κ2) is 4.33. The van der Waals surface area contributed by atoms with Crippen LogP contribution in [0, 0.1) is 0 Å². The van der Waals surface area contributed by atoms with Crippen LogP contribution in [0.1, 0.15) is 24.0 Å². The molecule has 1 fully saturated rings. The standard InChI is InChI=1S/C12H17N5/c1-16-7-11(6-14-16)9-17-8-10(5-15-17)4-13-12-2-3-12/h5-8,12-13H,2-4,9H2,1H3. The van der Waals surface area contributed by atoms with Gasteiger partial charge in [0.2, 0.25) is 0 Å². The topological polar surface area (TPSA) is 47.7 Å². The highest BCUT2D eigenvalue weighted by atomic mass is 15.3. The highest BCUT2D eigenvalue weighted by molar-refractivity contribution is 5.08. The van der Waals surface area contributed by atoms with Gasteiger partial charge in [0.1, 0.15) is 0 Å². The van der Waals surface area contributed by atoms with E-state index in [9.17, 15) is 0 Å². The average molecular weight is 231 g/mol. The van der Waals surface area contributed by atoms with Crippen molar-refractivity contribution in [2.45, 2.75) is 32.0 Å². The Morgan fingerprint density at radius 2 is 2.06 bits per heavy atom. The third kappa shape index (κ3) is 2.74. The Morgan fingerprint density at radius 3 is 2.76 bits per heavy atom. The lowest BCUT2D eigenvalue weighted by atomic mass is 10.3. The molecule has 0 spiro atoms. The van der Waals surface area contributed by atoms with Crippen LogP contribution in [0.2, 0.25) is 0 Å². The van der Waals surface area contributed by atoms with E-state index in [4.69, 9.17) is 0 Å². The summed E-state index contributed by atoms with van der Waals surface area (Å²) in [5.74, 6) is 0. The third-order valence-corrected chi connectivity index (χ3v) is 2.96. The molecule has 0 unspecified atom stereocenters. The lowest BCUT2D eigenvalue weighted by Crippen LogP contribution is -2.14. The number of hydrogen-bond donors (Lipinski definition) is 1. The highest BCUT2D eigenvalue weighted by Gasteiger charge is 2.20. The van der Waals surface area contributed by atoms with Crippen molar-refractivity contribution in [3.05, 3.63) is 35.9 Å². The van der Waals surface area contributed by atoms with Crippen molar-refractivity contribution in [1.82, 2.24) is 24.9 Å². The SMILES string of the molecule is Cn1cc(Cn2cc(CNC3CC3)cn2)cn1. The molecule has 0 bridgehead atoms. The molecule has 2 heterocycles. The molecule has 3 rings (SSSR count). The Labute approximate surface area is 100 Å². The normalized spacial score (nSPS) is 15.4. The first-order chi connectivity index (χ1) is 8.29. The maximum Gasteiger partial charge on any atom is 0.0690 e. The van der Waals surface area contributed by atoms with Crippen LogP contribution in [-0.2, 0) is 20.1 Å². The minimum Gasteiger partial charge on any atom is -0.310 e. The van der Waals surface area contributed by atoms with Crippen LogP contribution in [0.15, 0.2) is 24.8 Å². The number of nitrogens with zero attached hydrogens (tertiary/aromatic N) is 4. The Hall–Kier alpha value is -1.62. The fourth-order valence-corrected chi connectivity index (χ4v) is 1.87. The Morgan fingerprint density at radius 1 is 1.24 bits per heavy atom. The zero-order valence-electron chi connectivity index (χ0n) is 10.0. The fourth-order valence-electron chi connectivity index (χ4n) is 1.87. The Bertz CT molecular complexity index is 494. The zero-order chi connectivity index (χ0) is 11.7. The molecule has 0 aromatic carbocycles. The van der Waals surface area contributed by atoms with Crippen LogP contribution in [0.3, 0.4) is 0 Å². The molecule has 5 nitrogen and oxygen atoms in total. The van der Waals surface area contributed by atoms with Crippen LogP contribution < -0.4 is 5.32 Å². The van der Waals surface area contributed by atoms with Crippen molar-refractivity contribution in [3.63, 3.8) is 0 Å². The molecule has 1 aliphatic carbocycles. The van der Waals surface area contributed by atoms with E-state index >= 15 is 0 Å². The van der Waals surface area contributed by atoms with Gasteiger partial charge in [-0.15, -0.1) is 0 Å². The first-order valence-corrected chi connectivity index (χ1v) is 6.02. The molecule has 0 amide bonds. The largest absolute Gasteiger partial charge is 0.310 e. The summed E-state index contributed by atoms with van der Waals surface area (Å²) in [6.07, 6.45) is 10.6. The Balaban J connectivity index is 1.59. The van der Waals surface area contributed by atoms with Gasteiger partial charge in [-0.2, -0.15) is 10.2 Å². The summed E-state index contributed by atoms with van der Waals surface area (Å²) in [5.41, 5.74) is 2.43. The van der Waals surface area contributed by atoms with Crippen molar-refractivity contribution in [2.75, 3.05) is 0 Å². The van der Waals surface area contributed by atoms with Crippen LogP contribution in [-0.4, -0.2) is 25.6 Å². The van der Waals surface area contributed by atoms with Gasteiger partial charge in [0.05, 0.1) is 18.9 Å². The molecule has 5 heteroatoms. The molecule has 0 saturated heterocycles. The molecular formula is C12H17N5. The van der Waals surface area contributed by atoms with Gasteiger partial charge >= 0.3 is 0 Å². The van der Waals surface area contributed by atoms with Crippen LogP contribution in [0.5, 0.6) is 0 Å². The molecule has 0 radical (unpaired) electrons. The second-order valence-corrected chi connectivity index (χ2v) is 4.72. The molecule has 1 saturated carbocycles. The summed E-state index contributed by atoms with van der Waals surface area (Å²) < 4.78 is 3.77. The van der Waals surface area contributed by atoms with Gasteiger partial charge in [-0.3, -0.25) is 9.36 Å². The van der Waals surface area contributed by atoms with E-state index in [1.54, 1.807) is 0 Å². The van der Waals surface area contributed by atoms with E-state index in [-0.39, 0.29) is 0 Å². The molecule has 0 aliphatic heterocycles. The molecule has 2 aromatic heterocycles. The summed E-state index contributed by atoms with van der Waals surface area (Å²) in [4.78, 5) is 0.